The Morgan fingerprint density at radius 2 is 2.29 bits per heavy atom. The van der Waals surface area contributed by atoms with E-state index in [0.29, 0.717) is 12.3 Å². The van der Waals surface area contributed by atoms with E-state index >= 15 is 0 Å². The fraction of sp³-hybridized carbons (Fsp3) is 0.800. The van der Waals surface area contributed by atoms with Gasteiger partial charge in [0.25, 0.3) is 0 Å². The zero-order chi connectivity index (χ0) is 10.6. The van der Waals surface area contributed by atoms with E-state index in [-0.39, 0.29) is 17.7 Å². The second-order valence-electron chi connectivity index (χ2n) is 3.97. The molecule has 0 amide bonds. The zero-order valence-electron chi connectivity index (χ0n) is 8.58. The van der Waals surface area contributed by atoms with Gasteiger partial charge in [-0.15, -0.1) is 0 Å². The SMILES string of the molecule is COC(=O)CC1CCCC(C(=N)N)C1. The molecular formula is C10H18N2O2. The van der Waals surface area contributed by atoms with Crippen LogP contribution in [-0.4, -0.2) is 18.9 Å². The number of methoxy groups -OCH3 is 1. The lowest BCUT2D eigenvalue weighted by molar-refractivity contribution is -0.142. The molecule has 80 valence electrons. The molecule has 4 nitrogen and oxygen atoms in total. The van der Waals surface area contributed by atoms with Crippen LogP contribution in [0.2, 0.25) is 0 Å². The summed E-state index contributed by atoms with van der Waals surface area (Å²) in [6, 6.07) is 0. The molecule has 4 heteroatoms. The normalized spacial score (nSPS) is 26.9. The van der Waals surface area contributed by atoms with Crippen LogP contribution >= 0.6 is 0 Å². The molecule has 0 bridgehead atoms. The first-order chi connectivity index (χ1) is 6.63. The minimum Gasteiger partial charge on any atom is -0.469 e. The predicted molar refractivity (Wildman–Crippen MR) is 54.0 cm³/mol. The predicted octanol–water partition coefficient (Wildman–Crippen LogP) is 1.29. The molecule has 0 radical (unpaired) electrons. The highest BCUT2D eigenvalue weighted by molar-refractivity contribution is 5.79. The summed E-state index contributed by atoms with van der Waals surface area (Å²) in [5, 5.41) is 7.37. The van der Waals surface area contributed by atoms with Crippen LogP contribution in [-0.2, 0) is 9.53 Å². The van der Waals surface area contributed by atoms with E-state index in [4.69, 9.17) is 11.1 Å². The van der Waals surface area contributed by atoms with Gasteiger partial charge in [-0.1, -0.05) is 6.42 Å². The van der Waals surface area contributed by atoms with Crippen LogP contribution < -0.4 is 5.73 Å². The minimum atomic E-state index is -0.154. The Hall–Kier alpha value is -1.06. The third kappa shape index (κ3) is 3.01. The molecule has 0 aromatic heterocycles. The average Bonchev–Trinajstić information content (AvgIpc) is 2.18. The monoisotopic (exact) mass is 198 g/mol. The second-order valence-corrected chi connectivity index (χ2v) is 3.97. The van der Waals surface area contributed by atoms with E-state index in [9.17, 15) is 4.79 Å². The summed E-state index contributed by atoms with van der Waals surface area (Å²) in [6.07, 6.45) is 4.45. The molecule has 2 atom stereocenters. The summed E-state index contributed by atoms with van der Waals surface area (Å²) in [7, 11) is 1.41. The largest absolute Gasteiger partial charge is 0.469 e. The Bertz CT molecular complexity index is 228. The molecule has 14 heavy (non-hydrogen) atoms. The van der Waals surface area contributed by atoms with Gasteiger partial charge in [0.1, 0.15) is 0 Å². The summed E-state index contributed by atoms with van der Waals surface area (Å²) in [6.45, 7) is 0. The van der Waals surface area contributed by atoms with Crippen molar-refractivity contribution in [2.24, 2.45) is 17.6 Å². The highest BCUT2D eigenvalue weighted by atomic mass is 16.5. The van der Waals surface area contributed by atoms with Crippen LogP contribution in [0, 0.1) is 17.2 Å². The molecule has 1 rings (SSSR count). The first-order valence-corrected chi connectivity index (χ1v) is 5.04. The molecule has 1 aliphatic carbocycles. The number of amidine groups is 1. The molecule has 0 saturated heterocycles. The first kappa shape index (κ1) is 11.0. The highest BCUT2D eigenvalue weighted by Crippen LogP contribution is 2.31. The summed E-state index contributed by atoms with van der Waals surface area (Å²) in [4.78, 5) is 11.0. The van der Waals surface area contributed by atoms with E-state index in [1.165, 1.54) is 7.11 Å². The van der Waals surface area contributed by atoms with E-state index < -0.39 is 0 Å². The smallest absolute Gasteiger partial charge is 0.305 e. The lowest BCUT2D eigenvalue weighted by Crippen LogP contribution is -2.28. The molecule has 0 aromatic carbocycles. The van der Waals surface area contributed by atoms with Crippen LogP contribution in [0.25, 0.3) is 0 Å². The standard InChI is InChI=1S/C10H18N2O2/c1-14-9(13)6-7-3-2-4-8(5-7)10(11)12/h7-8H,2-6H2,1H3,(H3,11,12). The lowest BCUT2D eigenvalue weighted by Gasteiger charge is -2.27. The van der Waals surface area contributed by atoms with Gasteiger partial charge in [0.2, 0.25) is 0 Å². The van der Waals surface area contributed by atoms with Crippen LogP contribution in [0.4, 0.5) is 0 Å². The Morgan fingerprint density at radius 1 is 1.57 bits per heavy atom. The Morgan fingerprint density at radius 3 is 2.86 bits per heavy atom. The minimum absolute atomic E-state index is 0.154. The number of carbonyl (C=O) groups excluding carboxylic acids is 1. The molecule has 1 saturated carbocycles. The average molecular weight is 198 g/mol. The Kier molecular flexibility index (Phi) is 3.92. The number of rotatable bonds is 3. The fourth-order valence-corrected chi connectivity index (χ4v) is 2.08. The van der Waals surface area contributed by atoms with Crippen LogP contribution in [0.1, 0.15) is 32.1 Å². The van der Waals surface area contributed by atoms with Crippen molar-refractivity contribution in [1.82, 2.24) is 0 Å². The van der Waals surface area contributed by atoms with E-state index in [1.54, 1.807) is 0 Å². The molecule has 0 aromatic rings. The van der Waals surface area contributed by atoms with Crippen molar-refractivity contribution in [2.75, 3.05) is 7.11 Å². The number of nitrogens with two attached hydrogens (primary N) is 1. The highest BCUT2D eigenvalue weighted by Gasteiger charge is 2.25. The molecule has 0 spiro atoms. The molecule has 1 aliphatic rings. The summed E-state index contributed by atoms with van der Waals surface area (Å²) in [5.74, 6) is 0.641. The Balaban J connectivity index is 2.40. The van der Waals surface area contributed by atoms with Gasteiger partial charge >= 0.3 is 5.97 Å². The van der Waals surface area contributed by atoms with E-state index in [0.717, 1.165) is 25.7 Å². The lowest BCUT2D eigenvalue weighted by atomic mass is 9.79. The fourth-order valence-electron chi connectivity index (χ4n) is 2.08. The van der Waals surface area contributed by atoms with Crippen LogP contribution in [0.3, 0.4) is 0 Å². The number of nitrogens with one attached hydrogen (secondary N) is 1. The number of hydrogen-bond donors (Lipinski definition) is 2. The van der Waals surface area contributed by atoms with Crippen molar-refractivity contribution < 1.29 is 9.53 Å². The van der Waals surface area contributed by atoms with Crippen LogP contribution in [0.5, 0.6) is 0 Å². The van der Waals surface area contributed by atoms with Crippen molar-refractivity contribution in [2.45, 2.75) is 32.1 Å². The molecule has 3 N–H and O–H groups in total. The summed E-state index contributed by atoms with van der Waals surface area (Å²) in [5.41, 5.74) is 5.46. The topological polar surface area (TPSA) is 76.2 Å². The molecule has 0 aliphatic heterocycles. The molecule has 0 heterocycles. The van der Waals surface area contributed by atoms with Gasteiger partial charge in [-0.25, -0.2) is 0 Å². The van der Waals surface area contributed by atoms with Crippen molar-refractivity contribution in [3.63, 3.8) is 0 Å². The second kappa shape index (κ2) is 4.98. The maximum absolute atomic E-state index is 11.0. The number of esters is 1. The first-order valence-electron chi connectivity index (χ1n) is 5.04. The van der Waals surface area contributed by atoms with E-state index in [2.05, 4.69) is 4.74 Å². The van der Waals surface area contributed by atoms with Gasteiger partial charge < -0.3 is 10.5 Å². The third-order valence-corrected chi connectivity index (χ3v) is 2.91. The molecule has 1 fully saturated rings. The van der Waals surface area contributed by atoms with E-state index in [1.807, 2.05) is 0 Å². The van der Waals surface area contributed by atoms with Crippen molar-refractivity contribution in [1.29, 1.82) is 5.41 Å². The number of hydrogen-bond acceptors (Lipinski definition) is 3. The van der Waals surface area contributed by atoms with Gasteiger partial charge in [-0.05, 0) is 25.2 Å². The van der Waals surface area contributed by atoms with Gasteiger partial charge in [-0.2, -0.15) is 0 Å². The Labute approximate surface area is 84.3 Å². The van der Waals surface area contributed by atoms with Crippen molar-refractivity contribution in [3.8, 4) is 0 Å². The van der Waals surface area contributed by atoms with Crippen molar-refractivity contribution >= 4 is 11.8 Å². The van der Waals surface area contributed by atoms with Gasteiger partial charge in [-0.3, -0.25) is 10.2 Å². The quantitative estimate of drug-likeness (QED) is 0.407. The van der Waals surface area contributed by atoms with Gasteiger partial charge in [0.15, 0.2) is 0 Å². The summed E-state index contributed by atoms with van der Waals surface area (Å²) >= 11 is 0. The van der Waals surface area contributed by atoms with Gasteiger partial charge in [0, 0.05) is 12.3 Å². The number of carbonyl (C=O) groups is 1. The summed E-state index contributed by atoms with van der Waals surface area (Å²) < 4.78 is 4.62. The zero-order valence-corrected chi connectivity index (χ0v) is 8.58. The maximum atomic E-state index is 11.0. The molecular weight excluding hydrogens is 180 g/mol. The van der Waals surface area contributed by atoms with Crippen molar-refractivity contribution in [3.05, 3.63) is 0 Å². The third-order valence-electron chi connectivity index (χ3n) is 2.91. The van der Waals surface area contributed by atoms with Gasteiger partial charge in [0.05, 0.1) is 12.9 Å². The number of ether oxygens (including phenoxy) is 1. The molecule has 2 unspecified atom stereocenters. The van der Waals surface area contributed by atoms with Crippen LogP contribution in [0.15, 0.2) is 0 Å². The maximum Gasteiger partial charge on any atom is 0.305 e.